The van der Waals surface area contributed by atoms with Gasteiger partial charge in [-0.05, 0) is 34.7 Å². The molecule has 4 nitrogen and oxygen atoms in total. The highest BCUT2D eigenvalue weighted by Gasteiger charge is 2.27. The lowest BCUT2D eigenvalue weighted by Gasteiger charge is -2.18. The van der Waals surface area contributed by atoms with Gasteiger partial charge in [-0.3, -0.25) is 4.57 Å². The number of benzene rings is 3. The Hall–Kier alpha value is -2.39. The Balaban J connectivity index is 2.05. The Morgan fingerprint density at radius 1 is 0.815 bits per heavy atom. The van der Waals surface area contributed by atoms with Gasteiger partial charge in [-0.25, -0.2) is 0 Å². The van der Waals surface area contributed by atoms with Gasteiger partial charge in [-0.15, -0.1) is 0 Å². The van der Waals surface area contributed by atoms with Gasteiger partial charge in [0.15, 0.2) is 0 Å². The van der Waals surface area contributed by atoms with Crippen LogP contribution in [0.2, 0.25) is 0 Å². The number of hydrogen-bond donors (Lipinski definition) is 3. The molecular weight excluding hydrogens is 359 g/mol. The summed E-state index contributed by atoms with van der Waals surface area (Å²) in [7, 11) is -4.28. The zero-order chi connectivity index (χ0) is 19.4. The molecule has 5 heteroatoms. The molecule has 140 valence electrons. The molecule has 0 saturated heterocycles. The third-order valence-electron chi connectivity index (χ3n) is 4.75. The predicted molar refractivity (Wildman–Crippen MR) is 107 cm³/mol. The predicted octanol–water partition coefficient (Wildman–Crippen LogP) is 4.81. The topological polar surface area (TPSA) is 77.8 Å². The van der Waals surface area contributed by atoms with Crippen molar-refractivity contribution in [3.63, 3.8) is 0 Å². The number of aromatic hydroxyl groups is 1. The van der Waals surface area contributed by atoms with Crippen LogP contribution in [0.1, 0.15) is 40.4 Å². The maximum atomic E-state index is 11.8. The highest BCUT2D eigenvalue weighted by Crippen LogP contribution is 2.52. The first-order chi connectivity index (χ1) is 12.8. The molecular formula is C22H23O4P. The van der Waals surface area contributed by atoms with Crippen molar-refractivity contribution >= 4 is 7.60 Å². The largest absolute Gasteiger partial charge is 0.507 e. The Morgan fingerprint density at radius 2 is 1.22 bits per heavy atom. The molecule has 0 radical (unpaired) electrons. The maximum Gasteiger partial charge on any atom is 0.332 e. The lowest BCUT2D eigenvalue weighted by Crippen LogP contribution is -2.01. The van der Waals surface area contributed by atoms with Crippen molar-refractivity contribution < 1.29 is 19.5 Å². The molecule has 1 unspecified atom stereocenters. The van der Waals surface area contributed by atoms with Crippen molar-refractivity contribution in [3.05, 3.63) is 101 Å². The van der Waals surface area contributed by atoms with Crippen LogP contribution in [0.3, 0.4) is 0 Å². The molecule has 3 aromatic carbocycles. The summed E-state index contributed by atoms with van der Waals surface area (Å²) in [5.74, 6) is 0.185. The number of phenols is 1. The van der Waals surface area contributed by atoms with E-state index in [0.717, 1.165) is 11.1 Å². The van der Waals surface area contributed by atoms with Crippen LogP contribution in [0.15, 0.2) is 72.8 Å². The average molecular weight is 382 g/mol. The smallest absolute Gasteiger partial charge is 0.332 e. The van der Waals surface area contributed by atoms with E-state index in [9.17, 15) is 19.5 Å². The minimum Gasteiger partial charge on any atom is -0.507 e. The van der Waals surface area contributed by atoms with Crippen LogP contribution >= 0.6 is 7.60 Å². The zero-order valence-corrected chi connectivity index (χ0v) is 16.0. The van der Waals surface area contributed by atoms with E-state index < -0.39 is 13.3 Å². The summed E-state index contributed by atoms with van der Waals surface area (Å²) in [6, 6.07) is 22.9. The molecule has 0 aliphatic heterocycles. The normalized spacial score (nSPS) is 12.7. The van der Waals surface area contributed by atoms with Crippen LogP contribution in [0, 0.1) is 0 Å². The quantitative estimate of drug-likeness (QED) is 0.535. The highest BCUT2D eigenvalue weighted by molar-refractivity contribution is 7.52. The molecule has 3 aromatic rings. The van der Waals surface area contributed by atoms with Gasteiger partial charge in [0, 0.05) is 12.8 Å². The van der Waals surface area contributed by atoms with E-state index in [4.69, 9.17) is 0 Å². The fourth-order valence-electron chi connectivity index (χ4n) is 3.12. The van der Waals surface area contributed by atoms with Crippen molar-refractivity contribution in [1.29, 1.82) is 0 Å². The molecule has 0 aromatic heterocycles. The van der Waals surface area contributed by atoms with Gasteiger partial charge in [-0.1, -0.05) is 72.8 Å². The first kappa shape index (κ1) is 19.4. The Kier molecular flexibility index (Phi) is 5.81. The van der Waals surface area contributed by atoms with E-state index in [1.54, 1.807) is 12.1 Å². The summed E-state index contributed by atoms with van der Waals surface area (Å²) in [4.78, 5) is 19.2. The SMILES string of the molecule is CC(c1cc(Cc2ccccc2)c(O)c(Cc2ccccc2)c1)P(=O)(O)O. The average Bonchev–Trinajstić information content (AvgIpc) is 2.65. The Labute approximate surface area is 159 Å². The second kappa shape index (κ2) is 8.10. The van der Waals surface area contributed by atoms with Crippen LogP contribution < -0.4 is 0 Å². The third kappa shape index (κ3) is 4.86. The van der Waals surface area contributed by atoms with E-state index >= 15 is 0 Å². The van der Waals surface area contributed by atoms with Crippen molar-refractivity contribution in [2.75, 3.05) is 0 Å². The third-order valence-corrected chi connectivity index (χ3v) is 6.06. The molecule has 0 saturated carbocycles. The van der Waals surface area contributed by atoms with Gasteiger partial charge in [0.05, 0.1) is 5.66 Å². The maximum absolute atomic E-state index is 11.8. The molecule has 1 atom stereocenters. The molecule has 0 spiro atoms. The Bertz CT molecular complexity index is 886. The molecule has 0 heterocycles. The summed E-state index contributed by atoms with van der Waals surface area (Å²) in [6.45, 7) is 1.52. The minimum atomic E-state index is -4.28. The van der Waals surface area contributed by atoms with E-state index in [1.165, 1.54) is 6.92 Å². The van der Waals surface area contributed by atoms with Crippen molar-refractivity contribution in [2.45, 2.75) is 25.4 Å². The number of phenolic OH excluding ortho intramolecular Hbond substituents is 1. The van der Waals surface area contributed by atoms with E-state index in [0.29, 0.717) is 29.5 Å². The van der Waals surface area contributed by atoms with Crippen LogP contribution in [-0.4, -0.2) is 14.9 Å². The Morgan fingerprint density at radius 3 is 1.59 bits per heavy atom. The number of rotatable bonds is 6. The molecule has 0 aliphatic rings. The summed E-state index contributed by atoms with van der Waals surface area (Å²) < 4.78 is 11.8. The summed E-state index contributed by atoms with van der Waals surface area (Å²) in [6.07, 6.45) is 0.992. The highest BCUT2D eigenvalue weighted by atomic mass is 31.2. The monoisotopic (exact) mass is 382 g/mol. The molecule has 0 amide bonds. The second-order valence-electron chi connectivity index (χ2n) is 6.78. The van der Waals surface area contributed by atoms with Crippen LogP contribution in [0.25, 0.3) is 0 Å². The van der Waals surface area contributed by atoms with Gasteiger partial charge in [0.2, 0.25) is 0 Å². The van der Waals surface area contributed by atoms with Crippen LogP contribution in [0.4, 0.5) is 0 Å². The zero-order valence-electron chi connectivity index (χ0n) is 15.1. The molecule has 0 aliphatic carbocycles. The summed E-state index contributed by atoms with van der Waals surface area (Å²) >= 11 is 0. The van der Waals surface area contributed by atoms with E-state index in [-0.39, 0.29) is 5.75 Å². The van der Waals surface area contributed by atoms with Gasteiger partial charge < -0.3 is 14.9 Å². The fraction of sp³-hybridized carbons (Fsp3) is 0.182. The molecule has 3 rings (SSSR count). The van der Waals surface area contributed by atoms with Crippen LogP contribution in [0.5, 0.6) is 5.75 Å². The second-order valence-corrected chi connectivity index (χ2v) is 8.73. The fourth-order valence-corrected chi connectivity index (χ4v) is 3.66. The van der Waals surface area contributed by atoms with Crippen molar-refractivity contribution in [2.24, 2.45) is 0 Å². The summed E-state index contributed by atoms with van der Waals surface area (Å²) in [5.41, 5.74) is 3.01. The van der Waals surface area contributed by atoms with Crippen molar-refractivity contribution in [3.8, 4) is 5.75 Å². The molecule has 0 bridgehead atoms. The van der Waals surface area contributed by atoms with Gasteiger partial charge >= 0.3 is 7.60 Å². The summed E-state index contributed by atoms with van der Waals surface area (Å²) in [5, 5.41) is 10.8. The molecule has 27 heavy (non-hydrogen) atoms. The minimum absolute atomic E-state index is 0.185. The lowest BCUT2D eigenvalue weighted by atomic mass is 9.94. The first-order valence-corrected chi connectivity index (χ1v) is 10.5. The van der Waals surface area contributed by atoms with Gasteiger partial charge in [-0.2, -0.15) is 0 Å². The molecule has 0 fully saturated rings. The van der Waals surface area contributed by atoms with Crippen LogP contribution in [-0.2, 0) is 17.4 Å². The molecule has 3 N–H and O–H groups in total. The van der Waals surface area contributed by atoms with Gasteiger partial charge in [0.25, 0.3) is 0 Å². The van der Waals surface area contributed by atoms with Crippen molar-refractivity contribution in [1.82, 2.24) is 0 Å². The van der Waals surface area contributed by atoms with E-state index in [2.05, 4.69) is 0 Å². The standard InChI is InChI=1S/C22H23O4P/c1-16(27(24,25)26)19-14-20(12-17-8-4-2-5-9-17)22(23)21(15-19)13-18-10-6-3-7-11-18/h2-11,14-16,23H,12-13H2,1H3,(H2,24,25,26). The van der Waals surface area contributed by atoms with Gasteiger partial charge in [0.1, 0.15) is 5.75 Å². The number of hydrogen-bond acceptors (Lipinski definition) is 2. The first-order valence-electron chi connectivity index (χ1n) is 8.82. The lowest BCUT2D eigenvalue weighted by molar-refractivity contribution is 0.361. The van der Waals surface area contributed by atoms with E-state index in [1.807, 2.05) is 60.7 Å².